The van der Waals surface area contributed by atoms with Crippen molar-refractivity contribution in [3.8, 4) is 0 Å². The zero-order valence-corrected chi connectivity index (χ0v) is 11.5. The number of aliphatic hydroxyl groups is 1. The van der Waals surface area contributed by atoms with Crippen LogP contribution >= 0.6 is 0 Å². The first-order valence-electron chi connectivity index (χ1n) is 6.20. The van der Waals surface area contributed by atoms with E-state index in [0.717, 1.165) is 25.1 Å². The van der Waals surface area contributed by atoms with Crippen molar-refractivity contribution in [1.29, 1.82) is 0 Å². The van der Waals surface area contributed by atoms with Crippen LogP contribution in [0.15, 0.2) is 23.1 Å². The fraction of sp³-hybridized carbons (Fsp3) is 0.500. The van der Waals surface area contributed by atoms with Gasteiger partial charge < -0.3 is 10.4 Å². The summed E-state index contributed by atoms with van der Waals surface area (Å²) in [6.45, 7) is 0.882. The summed E-state index contributed by atoms with van der Waals surface area (Å²) in [5.74, 6) is -2.34. The quantitative estimate of drug-likeness (QED) is 0.750. The predicted molar refractivity (Wildman–Crippen MR) is 68.6 cm³/mol. The van der Waals surface area contributed by atoms with Crippen molar-refractivity contribution in [2.24, 2.45) is 0 Å². The van der Waals surface area contributed by atoms with Gasteiger partial charge in [-0.2, -0.15) is 0 Å². The van der Waals surface area contributed by atoms with Crippen LogP contribution in [0.3, 0.4) is 0 Å². The first-order valence-corrected chi connectivity index (χ1v) is 7.69. The number of sulfonamides is 1. The number of hydrogen-bond donors (Lipinski definition) is 3. The Morgan fingerprint density at radius 2 is 2.10 bits per heavy atom. The summed E-state index contributed by atoms with van der Waals surface area (Å²) < 4.78 is 52.0. The fourth-order valence-electron chi connectivity index (χ4n) is 2.06. The third-order valence-electron chi connectivity index (χ3n) is 3.24. The van der Waals surface area contributed by atoms with Crippen LogP contribution in [0.4, 0.5) is 8.78 Å². The molecule has 5 nitrogen and oxygen atoms in total. The van der Waals surface area contributed by atoms with Crippen LogP contribution in [0.1, 0.15) is 12.8 Å². The minimum absolute atomic E-state index is 0.179. The molecule has 20 heavy (non-hydrogen) atoms. The molecule has 1 aromatic carbocycles. The summed E-state index contributed by atoms with van der Waals surface area (Å²) in [6, 6.07) is 2.34. The van der Waals surface area contributed by atoms with Crippen LogP contribution in [-0.2, 0) is 10.0 Å². The highest BCUT2D eigenvalue weighted by molar-refractivity contribution is 7.89. The molecule has 1 fully saturated rings. The van der Waals surface area contributed by atoms with Gasteiger partial charge in [-0.05, 0) is 37.6 Å². The van der Waals surface area contributed by atoms with Gasteiger partial charge in [0.2, 0.25) is 10.0 Å². The third kappa shape index (κ3) is 3.51. The molecule has 1 saturated heterocycles. The second-order valence-corrected chi connectivity index (χ2v) is 6.67. The van der Waals surface area contributed by atoms with Crippen LogP contribution < -0.4 is 10.0 Å². The molecule has 0 aliphatic carbocycles. The van der Waals surface area contributed by atoms with Crippen molar-refractivity contribution in [2.75, 3.05) is 19.6 Å². The van der Waals surface area contributed by atoms with E-state index in [2.05, 4.69) is 10.0 Å². The lowest BCUT2D eigenvalue weighted by Crippen LogP contribution is -2.52. The Morgan fingerprint density at radius 3 is 2.70 bits per heavy atom. The van der Waals surface area contributed by atoms with E-state index in [0.29, 0.717) is 12.5 Å². The van der Waals surface area contributed by atoms with E-state index in [1.807, 2.05) is 0 Å². The van der Waals surface area contributed by atoms with Crippen LogP contribution in [-0.4, -0.2) is 38.8 Å². The highest BCUT2D eigenvalue weighted by Gasteiger charge is 2.31. The molecule has 1 heterocycles. The summed E-state index contributed by atoms with van der Waals surface area (Å²) in [6.07, 6.45) is 1.21. The van der Waals surface area contributed by atoms with Crippen LogP contribution in [0.25, 0.3) is 0 Å². The number of benzene rings is 1. The lowest BCUT2D eigenvalue weighted by molar-refractivity contribution is 0.0218. The zero-order valence-electron chi connectivity index (χ0n) is 10.7. The zero-order chi connectivity index (χ0) is 14.8. The molecule has 0 amide bonds. The second kappa shape index (κ2) is 5.72. The Hall–Kier alpha value is -1.09. The second-order valence-electron chi connectivity index (χ2n) is 4.91. The van der Waals surface area contributed by atoms with Crippen molar-refractivity contribution in [3.63, 3.8) is 0 Å². The van der Waals surface area contributed by atoms with Crippen LogP contribution in [0, 0.1) is 11.6 Å². The van der Waals surface area contributed by atoms with Crippen molar-refractivity contribution in [1.82, 2.24) is 10.0 Å². The van der Waals surface area contributed by atoms with Gasteiger partial charge >= 0.3 is 0 Å². The SMILES string of the molecule is O=S(=O)(NC[C@]1(O)CCCNC1)c1ccc(F)c(F)c1. The molecule has 1 aromatic rings. The molecular formula is C12H16F2N2O3S. The lowest BCUT2D eigenvalue weighted by Gasteiger charge is -2.32. The highest BCUT2D eigenvalue weighted by Crippen LogP contribution is 2.17. The molecule has 0 aromatic heterocycles. The Labute approximate surface area is 116 Å². The molecule has 1 aliphatic heterocycles. The van der Waals surface area contributed by atoms with Crippen molar-refractivity contribution >= 4 is 10.0 Å². The predicted octanol–water partition coefficient (Wildman–Crippen LogP) is 0.358. The summed E-state index contributed by atoms with van der Waals surface area (Å²) in [7, 11) is -3.98. The molecule has 0 saturated carbocycles. The van der Waals surface area contributed by atoms with Crippen LogP contribution in [0.2, 0.25) is 0 Å². The Bertz CT molecular complexity index is 586. The number of piperidine rings is 1. The van der Waals surface area contributed by atoms with Gasteiger partial charge in [0.05, 0.1) is 10.5 Å². The number of β-amino-alcohol motifs (C(OH)–C–C–N with tert-alkyl or cyclic N) is 1. The average molecular weight is 306 g/mol. The maximum atomic E-state index is 13.1. The van der Waals surface area contributed by atoms with E-state index in [9.17, 15) is 22.3 Å². The average Bonchev–Trinajstić information content (AvgIpc) is 2.41. The van der Waals surface area contributed by atoms with Crippen LogP contribution in [0.5, 0.6) is 0 Å². The number of hydrogen-bond acceptors (Lipinski definition) is 4. The third-order valence-corrected chi connectivity index (χ3v) is 4.64. The molecule has 0 unspecified atom stereocenters. The monoisotopic (exact) mass is 306 g/mol. The molecule has 1 atom stereocenters. The molecule has 0 spiro atoms. The molecule has 3 N–H and O–H groups in total. The largest absolute Gasteiger partial charge is 0.387 e. The summed E-state index contributed by atoms with van der Waals surface area (Å²) in [4.78, 5) is -0.372. The molecule has 0 radical (unpaired) electrons. The van der Waals surface area contributed by atoms with Crippen molar-refractivity contribution in [3.05, 3.63) is 29.8 Å². The summed E-state index contributed by atoms with van der Waals surface area (Å²) >= 11 is 0. The number of rotatable bonds is 4. The van der Waals surface area contributed by atoms with Gasteiger partial charge in [0, 0.05) is 13.1 Å². The van der Waals surface area contributed by atoms with Gasteiger partial charge in [-0.1, -0.05) is 0 Å². The smallest absolute Gasteiger partial charge is 0.240 e. The topological polar surface area (TPSA) is 78.4 Å². The molecule has 1 aliphatic rings. The summed E-state index contributed by atoms with van der Waals surface area (Å²) in [5, 5.41) is 13.1. The van der Waals surface area contributed by atoms with E-state index >= 15 is 0 Å². The minimum atomic E-state index is -3.98. The highest BCUT2D eigenvalue weighted by atomic mass is 32.2. The molecule has 112 valence electrons. The van der Waals surface area contributed by atoms with E-state index < -0.39 is 27.3 Å². The van der Waals surface area contributed by atoms with Gasteiger partial charge in [0.15, 0.2) is 11.6 Å². The van der Waals surface area contributed by atoms with E-state index in [1.54, 1.807) is 0 Å². The lowest BCUT2D eigenvalue weighted by atomic mass is 9.95. The van der Waals surface area contributed by atoms with E-state index in [-0.39, 0.29) is 18.0 Å². The van der Waals surface area contributed by atoms with Crippen molar-refractivity contribution in [2.45, 2.75) is 23.3 Å². The number of halogens is 2. The molecular weight excluding hydrogens is 290 g/mol. The van der Waals surface area contributed by atoms with Gasteiger partial charge in [0.25, 0.3) is 0 Å². The minimum Gasteiger partial charge on any atom is -0.387 e. The molecule has 0 bridgehead atoms. The van der Waals surface area contributed by atoms with E-state index in [1.165, 1.54) is 0 Å². The standard InChI is InChI=1S/C12H16F2N2O3S/c13-10-3-2-9(6-11(10)14)20(18,19)16-8-12(17)4-1-5-15-7-12/h2-3,6,15-17H,1,4-5,7-8H2/t12-/m0/s1. The van der Waals surface area contributed by atoms with Gasteiger partial charge in [-0.15, -0.1) is 0 Å². The Balaban J connectivity index is 2.09. The van der Waals surface area contributed by atoms with Gasteiger partial charge in [-0.3, -0.25) is 0 Å². The Kier molecular flexibility index (Phi) is 4.38. The normalized spacial score (nSPS) is 23.8. The maximum Gasteiger partial charge on any atom is 0.240 e. The fourth-order valence-corrected chi connectivity index (χ4v) is 3.19. The van der Waals surface area contributed by atoms with Crippen molar-refractivity contribution < 1.29 is 22.3 Å². The number of nitrogens with one attached hydrogen (secondary N) is 2. The molecule has 8 heteroatoms. The van der Waals surface area contributed by atoms with Gasteiger partial charge in [0.1, 0.15) is 0 Å². The Morgan fingerprint density at radius 1 is 1.35 bits per heavy atom. The summed E-state index contributed by atoms with van der Waals surface area (Å²) in [5.41, 5.74) is -1.16. The first kappa shape index (κ1) is 15.3. The molecule has 2 rings (SSSR count). The van der Waals surface area contributed by atoms with Gasteiger partial charge in [-0.25, -0.2) is 21.9 Å². The first-order chi connectivity index (χ1) is 9.32. The maximum absolute atomic E-state index is 13.1. The van der Waals surface area contributed by atoms with E-state index in [4.69, 9.17) is 0 Å².